The van der Waals surface area contributed by atoms with Crippen LogP contribution in [0.3, 0.4) is 0 Å². The minimum atomic E-state index is 0.0906. The van der Waals surface area contributed by atoms with Crippen molar-refractivity contribution in [2.24, 2.45) is 5.92 Å². The van der Waals surface area contributed by atoms with Crippen LogP contribution in [-0.2, 0) is 12.8 Å². The Kier molecular flexibility index (Phi) is 4.19. The van der Waals surface area contributed by atoms with E-state index in [0.717, 1.165) is 49.7 Å². The molecule has 2 aliphatic rings. The average molecular weight is 326 g/mol. The molecule has 0 bridgehead atoms. The van der Waals surface area contributed by atoms with E-state index in [2.05, 4.69) is 41.0 Å². The van der Waals surface area contributed by atoms with E-state index in [9.17, 15) is 4.79 Å². The number of aryl methyl sites for hydroxylation is 2. The van der Waals surface area contributed by atoms with Gasteiger partial charge in [-0.3, -0.25) is 4.79 Å². The van der Waals surface area contributed by atoms with Gasteiger partial charge < -0.3 is 10.6 Å². The molecule has 1 amide bonds. The van der Waals surface area contributed by atoms with E-state index in [4.69, 9.17) is 0 Å². The van der Waals surface area contributed by atoms with Gasteiger partial charge in [-0.25, -0.2) is 0 Å². The highest BCUT2D eigenvalue weighted by molar-refractivity contribution is 7.17. The van der Waals surface area contributed by atoms with Crippen LogP contribution in [0.5, 0.6) is 0 Å². The van der Waals surface area contributed by atoms with Gasteiger partial charge in [0, 0.05) is 11.4 Å². The van der Waals surface area contributed by atoms with Crippen LogP contribution in [0.25, 0.3) is 10.4 Å². The number of benzene rings is 1. The lowest BCUT2D eigenvalue weighted by Crippen LogP contribution is -2.25. The third kappa shape index (κ3) is 3.06. The first-order chi connectivity index (χ1) is 11.3. The van der Waals surface area contributed by atoms with Crippen molar-refractivity contribution in [3.63, 3.8) is 0 Å². The van der Waals surface area contributed by atoms with Gasteiger partial charge in [0.15, 0.2) is 0 Å². The molecule has 1 fully saturated rings. The van der Waals surface area contributed by atoms with Crippen LogP contribution >= 0.6 is 11.3 Å². The van der Waals surface area contributed by atoms with Crippen molar-refractivity contribution in [2.45, 2.75) is 25.7 Å². The van der Waals surface area contributed by atoms with E-state index < -0.39 is 0 Å². The molecule has 2 aromatic rings. The molecule has 0 saturated carbocycles. The molecule has 1 aliphatic heterocycles. The Balaban J connectivity index is 1.44. The highest BCUT2D eigenvalue weighted by atomic mass is 32.1. The predicted molar refractivity (Wildman–Crippen MR) is 95.1 cm³/mol. The van der Waals surface area contributed by atoms with Gasteiger partial charge in [0.1, 0.15) is 0 Å². The predicted octanol–water partition coefficient (Wildman–Crippen LogP) is 3.24. The number of carbonyl (C=O) groups is 1. The fraction of sp³-hybridized carbons (Fsp3) is 0.421. The summed E-state index contributed by atoms with van der Waals surface area (Å²) in [5.74, 6) is 0.812. The molecular formula is C19H22N2OS. The smallest absolute Gasteiger partial charge is 0.261 e. The summed E-state index contributed by atoms with van der Waals surface area (Å²) in [6, 6.07) is 10.7. The lowest BCUT2D eigenvalue weighted by molar-refractivity contribution is 0.0955. The third-order valence-corrected chi connectivity index (χ3v) is 6.17. The first-order valence-corrected chi connectivity index (χ1v) is 9.33. The maximum Gasteiger partial charge on any atom is 0.261 e. The zero-order valence-electron chi connectivity index (χ0n) is 13.2. The van der Waals surface area contributed by atoms with Crippen molar-refractivity contribution in [3.8, 4) is 10.4 Å². The Morgan fingerprint density at radius 1 is 1.26 bits per heavy atom. The summed E-state index contributed by atoms with van der Waals surface area (Å²) in [5.41, 5.74) is 4.05. The van der Waals surface area contributed by atoms with Crippen LogP contribution in [0.1, 0.15) is 33.6 Å². The highest BCUT2D eigenvalue weighted by Gasteiger charge is 2.21. The normalized spacial score (nSPS) is 19.2. The molecular weight excluding hydrogens is 304 g/mol. The largest absolute Gasteiger partial charge is 0.351 e. The molecule has 2 N–H and O–H groups in total. The van der Waals surface area contributed by atoms with Gasteiger partial charge in [-0.05, 0) is 67.4 Å². The molecule has 120 valence electrons. The molecule has 1 aliphatic carbocycles. The van der Waals surface area contributed by atoms with E-state index in [-0.39, 0.29) is 5.91 Å². The summed E-state index contributed by atoms with van der Waals surface area (Å²) in [6.07, 6.45) is 4.44. The Bertz CT molecular complexity index is 716. The first kappa shape index (κ1) is 14.9. The standard InChI is InChI=1S/C19H22N2OS/c22-19(21-10-8-13-7-9-20-12-13)17-11-15-6-5-14-3-1-2-4-16(14)18(15)23-17/h1-4,11,13,20H,5-10,12H2,(H,21,22). The van der Waals surface area contributed by atoms with Crippen LogP contribution in [0.4, 0.5) is 0 Å². The second-order valence-electron chi connectivity index (χ2n) is 6.53. The van der Waals surface area contributed by atoms with Gasteiger partial charge in [0.05, 0.1) is 4.88 Å². The molecule has 4 heteroatoms. The molecule has 0 radical (unpaired) electrons. The lowest BCUT2D eigenvalue weighted by Gasteiger charge is -2.15. The molecule has 1 aromatic heterocycles. The molecule has 1 saturated heterocycles. The molecule has 23 heavy (non-hydrogen) atoms. The number of rotatable bonds is 4. The summed E-state index contributed by atoms with van der Waals surface area (Å²) in [7, 11) is 0. The quantitative estimate of drug-likeness (QED) is 0.905. The number of fused-ring (bicyclic) bond motifs is 3. The first-order valence-electron chi connectivity index (χ1n) is 8.51. The molecule has 1 aromatic carbocycles. The Morgan fingerprint density at radius 2 is 2.13 bits per heavy atom. The minimum absolute atomic E-state index is 0.0906. The maximum absolute atomic E-state index is 12.4. The van der Waals surface area contributed by atoms with Crippen LogP contribution in [0.2, 0.25) is 0 Å². The van der Waals surface area contributed by atoms with Gasteiger partial charge in [-0.15, -0.1) is 11.3 Å². The van der Waals surface area contributed by atoms with E-state index >= 15 is 0 Å². The summed E-state index contributed by atoms with van der Waals surface area (Å²) >= 11 is 1.64. The highest BCUT2D eigenvalue weighted by Crippen LogP contribution is 2.39. The van der Waals surface area contributed by atoms with Gasteiger partial charge in [0.2, 0.25) is 0 Å². The molecule has 1 atom stereocenters. The number of hydrogen-bond acceptors (Lipinski definition) is 3. The lowest BCUT2D eigenvalue weighted by atomic mass is 9.91. The zero-order valence-corrected chi connectivity index (χ0v) is 14.0. The molecule has 3 nitrogen and oxygen atoms in total. The molecule has 1 unspecified atom stereocenters. The number of thiophene rings is 1. The molecule has 0 spiro atoms. The zero-order chi connectivity index (χ0) is 15.6. The average Bonchev–Trinajstić information content (AvgIpc) is 3.24. The maximum atomic E-state index is 12.4. The Hall–Kier alpha value is -1.65. The van der Waals surface area contributed by atoms with Crippen molar-refractivity contribution >= 4 is 17.2 Å². The topological polar surface area (TPSA) is 41.1 Å². The number of carbonyl (C=O) groups excluding carboxylic acids is 1. The van der Waals surface area contributed by atoms with Gasteiger partial charge in [-0.1, -0.05) is 24.3 Å². The second kappa shape index (κ2) is 6.46. The Morgan fingerprint density at radius 3 is 3.00 bits per heavy atom. The van der Waals surface area contributed by atoms with Crippen molar-refractivity contribution in [1.82, 2.24) is 10.6 Å². The van der Waals surface area contributed by atoms with Crippen LogP contribution in [-0.4, -0.2) is 25.5 Å². The van der Waals surface area contributed by atoms with Crippen molar-refractivity contribution < 1.29 is 4.79 Å². The summed E-state index contributed by atoms with van der Waals surface area (Å²) < 4.78 is 0. The van der Waals surface area contributed by atoms with Crippen molar-refractivity contribution in [2.75, 3.05) is 19.6 Å². The van der Waals surface area contributed by atoms with Crippen molar-refractivity contribution in [1.29, 1.82) is 0 Å². The number of hydrogen-bond donors (Lipinski definition) is 2. The van der Waals surface area contributed by atoms with E-state index in [0.29, 0.717) is 0 Å². The number of amides is 1. The fourth-order valence-corrected chi connectivity index (χ4v) is 4.81. The van der Waals surface area contributed by atoms with Crippen molar-refractivity contribution in [3.05, 3.63) is 46.3 Å². The minimum Gasteiger partial charge on any atom is -0.351 e. The summed E-state index contributed by atoms with van der Waals surface area (Å²) in [5, 5.41) is 6.48. The summed E-state index contributed by atoms with van der Waals surface area (Å²) in [6.45, 7) is 3.00. The summed E-state index contributed by atoms with van der Waals surface area (Å²) in [4.78, 5) is 14.6. The van der Waals surface area contributed by atoms with Crippen LogP contribution in [0.15, 0.2) is 30.3 Å². The van der Waals surface area contributed by atoms with E-state index in [1.807, 2.05) is 0 Å². The van der Waals surface area contributed by atoms with Gasteiger partial charge in [0.25, 0.3) is 5.91 Å². The SMILES string of the molecule is O=C(NCCC1CCNC1)c1cc2c(s1)-c1ccccc1CC2. The van der Waals surface area contributed by atoms with Gasteiger partial charge >= 0.3 is 0 Å². The van der Waals surface area contributed by atoms with E-state index in [1.165, 1.54) is 28.0 Å². The number of nitrogens with one attached hydrogen (secondary N) is 2. The molecule has 2 heterocycles. The van der Waals surface area contributed by atoms with Crippen LogP contribution < -0.4 is 10.6 Å². The third-order valence-electron chi connectivity index (χ3n) is 4.96. The van der Waals surface area contributed by atoms with Crippen LogP contribution in [0, 0.1) is 5.92 Å². The van der Waals surface area contributed by atoms with Gasteiger partial charge in [-0.2, -0.15) is 0 Å². The second-order valence-corrected chi connectivity index (χ2v) is 7.58. The van der Waals surface area contributed by atoms with E-state index in [1.54, 1.807) is 11.3 Å². The Labute approximate surface area is 141 Å². The molecule has 4 rings (SSSR count). The fourth-order valence-electron chi connectivity index (χ4n) is 3.62. The monoisotopic (exact) mass is 326 g/mol.